The number of ether oxygens (including phenoxy) is 1. The average molecular weight is 411 g/mol. The Morgan fingerprint density at radius 3 is 2.59 bits per heavy atom. The van der Waals surface area contributed by atoms with Crippen LogP contribution in [0, 0.1) is 0 Å². The summed E-state index contributed by atoms with van der Waals surface area (Å²) in [5, 5.41) is 0.544. The van der Waals surface area contributed by atoms with Crippen molar-refractivity contribution in [3.8, 4) is 11.1 Å². The van der Waals surface area contributed by atoms with Gasteiger partial charge in [0.1, 0.15) is 5.82 Å². The molecule has 0 fully saturated rings. The van der Waals surface area contributed by atoms with Gasteiger partial charge in [0.2, 0.25) is 0 Å². The maximum absolute atomic E-state index is 12.1. The number of hydrogen-bond acceptors (Lipinski definition) is 4. The Morgan fingerprint density at radius 1 is 1.14 bits per heavy atom. The molecule has 0 radical (unpaired) electrons. The number of carbonyl (C=O) groups is 1. The molecule has 0 spiro atoms. The Balaban J connectivity index is 1.85. The minimum absolute atomic E-state index is 0.126. The summed E-state index contributed by atoms with van der Waals surface area (Å²) in [6.45, 7) is 2.11. The van der Waals surface area contributed by atoms with E-state index < -0.39 is 5.97 Å². The van der Waals surface area contributed by atoms with Gasteiger partial charge in [-0.3, -0.25) is 4.79 Å². The van der Waals surface area contributed by atoms with Gasteiger partial charge >= 0.3 is 5.97 Å². The number of halogens is 1. The number of rotatable bonds is 7. The Hall–Kier alpha value is -2.92. The third kappa shape index (κ3) is 5.33. The van der Waals surface area contributed by atoms with E-state index in [1.807, 2.05) is 24.3 Å². The van der Waals surface area contributed by atoms with E-state index in [1.165, 1.54) is 7.11 Å². The zero-order chi connectivity index (χ0) is 20.8. The van der Waals surface area contributed by atoms with Crippen molar-refractivity contribution in [3.63, 3.8) is 0 Å². The summed E-state index contributed by atoms with van der Waals surface area (Å²) < 4.78 is 4.87. The van der Waals surface area contributed by atoms with Crippen molar-refractivity contribution in [2.24, 2.45) is 0 Å². The molecule has 0 bridgehead atoms. The molecule has 2 aromatic carbocycles. The first-order valence-corrected chi connectivity index (χ1v) is 9.94. The van der Waals surface area contributed by atoms with Crippen molar-refractivity contribution in [2.75, 3.05) is 7.11 Å². The van der Waals surface area contributed by atoms with Gasteiger partial charge in [0.05, 0.1) is 12.7 Å². The monoisotopic (exact) mass is 410 g/mol. The van der Waals surface area contributed by atoms with Crippen molar-refractivity contribution in [1.29, 1.82) is 0 Å². The fourth-order valence-electron chi connectivity index (χ4n) is 3.17. The number of aromatic nitrogens is 2. The summed E-state index contributed by atoms with van der Waals surface area (Å²) in [6, 6.07) is 14.4. The van der Waals surface area contributed by atoms with Crippen molar-refractivity contribution < 1.29 is 9.53 Å². The van der Waals surface area contributed by atoms with Crippen LogP contribution in [-0.4, -0.2) is 23.0 Å². The third-order valence-electron chi connectivity index (χ3n) is 4.65. The molecule has 0 saturated carbocycles. The lowest BCUT2D eigenvalue weighted by Crippen LogP contribution is -2.13. The molecule has 1 aromatic heterocycles. The lowest BCUT2D eigenvalue weighted by Gasteiger charge is -2.10. The van der Waals surface area contributed by atoms with Gasteiger partial charge in [0.25, 0.3) is 5.56 Å². The normalized spacial score (nSPS) is 10.7. The van der Waals surface area contributed by atoms with Crippen LogP contribution in [0.1, 0.15) is 47.2 Å². The number of nitrogens with one attached hydrogen (secondary N) is 1. The number of esters is 1. The van der Waals surface area contributed by atoms with Crippen molar-refractivity contribution in [2.45, 2.75) is 32.6 Å². The Bertz CT molecular complexity index is 1060. The highest BCUT2D eigenvalue weighted by Gasteiger charge is 2.14. The number of benzene rings is 2. The van der Waals surface area contributed by atoms with Gasteiger partial charge in [-0.1, -0.05) is 49.2 Å². The summed E-state index contributed by atoms with van der Waals surface area (Å²) >= 11 is 6.12. The molecule has 0 unspecified atom stereocenters. The number of unbranched alkanes of at least 4 members (excludes halogenated alkanes) is 1. The molecule has 0 aliphatic rings. The highest BCUT2D eigenvalue weighted by molar-refractivity contribution is 6.31. The van der Waals surface area contributed by atoms with Gasteiger partial charge < -0.3 is 9.72 Å². The van der Waals surface area contributed by atoms with Gasteiger partial charge in [-0.25, -0.2) is 9.78 Å². The smallest absolute Gasteiger partial charge is 0.338 e. The van der Waals surface area contributed by atoms with Crippen molar-refractivity contribution in [3.05, 3.63) is 86.6 Å². The van der Waals surface area contributed by atoms with Crippen LogP contribution in [0.15, 0.2) is 53.3 Å². The molecule has 0 saturated heterocycles. The van der Waals surface area contributed by atoms with Crippen molar-refractivity contribution >= 4 is 17.6 Å². The lowest BCUT2D eigenvalue weighted by atomic mass is 9.98. The number of aryl methyl sites for hydroxylation is 1. The summed E-state index contributed by atoms with van der Waals surface area (Å²) in [7, 11) is 1.35. The molecule has 5 nitrogen and oxygen atoms in total. The van der Waals surface area contributed by atoms with Crippen LogP contribution in [0.25, 0.3) is 11.1 Å². The van der Waals surface area contributed by atoms with Crippen molar-refractivity contribution in [1.82, 2.24) is 9.97 Å². The molecule has 29 heavy (non-hydrogen) atoms. The highest BCUT2D eigenvalue weighted by atomic mass is 35.5. The molecule has 0 atom stereocenters. The first kappa shape index (κ1) is 20.8. The van der Waals surface area contributed by atoms with Gasteiger partial charge in [-0.2, -0.15) is 0 Å². The van der Waals surface area contributed by atoms with Crippen LogP contribution in [-0.2, 0) is 17.6 Å². The SMILES string of the molecule is CCCCc1cc(=O)[nH]c(Cc2ccc(-c3cc(Cl)ccc3C(=O)OC)cc2)n1. The molecule has 0 aliphatic carbocycles. The topological polar surface area (TPSA) is 72.0 Å². The van der Waals surface area contributed by atoms with Gasteiger partial charge in [-0.05, 0) is 47.7 Å². The number of aromatic amines is 1. The van der Waals surface area contributed by atoms with E-state index in [2.05, 4.69) is 16.9 Å². The number of carbonyl (C=O) groups excluding carboxylic acids is 1. The van der Waals surface area contributed by atoms with E-state index in [1.54, 1.807) is 24.3 Å². The fourth-order valence-corrected chi connectivity index (χ4v) is 3.34. The second kappa shape index (κ2) is 9.52. The molecule has 3 rings (SSSR count). The number of hydrogen-bond donors (Lipinski definition) is 1. The zero-order valence-electron chi connectivity index (χ0n) is 16.5. The number of nitrogens with zero attached hydrogens (tertiary/aromatic N) is 1. The summed E-state index contributed by atoms with van der Waals surface area (Å²) in [5.74, 6) is 0.237. The minimum Gasteiger partial charge on any atom is -0.465 e. The number of methoxy groups -OCH3 is 1. The van der Waals surface area contributed by atoms with Gasteiger partial charge in [0, 0.05) is 23.2 Å². The second-order valence-corrected chi connectivity index (χ2v) is 7.28. The van der Waals surface area contributed by atoms with E-state index in [9.17, 15) is 9.59 Å². The van der Waals surface area contributed by atoms with Gasteiger partial charge in [-0.15, -0.1) is 0 Å². The first-order chi connectivity index (χ1) is 14.0. The standard InChI is InChI=1S/C23H23ClN2O3/c1-3-4-5-18-14-22(27)26-21(25-18)12-15-6-8-16(9-7-15)20-13-17(24)10-11-19(20)23(28)29-2/h6-11,13-14H,3-5,12H2,1-2H3,(H,25,26,27). The van der Waals surface area contributed by atoms with Crippen LogP contribution in [0.3, 0.4) is 0 Å². The maximum atomic E-state index is 12.1. The van der Waals surface area contributed by atoms with Crippen LogP contribution in [0.2, 0.25) is 5.02 Å². The quantitative estimate of drug-likeness (QED) is 0.567. The van der Waals surface area contributed by atoms with Gasteiger partial charge in [0.15, 0.2) is 0 Å². The van der Waals surface area contributed by atoms with E-state index in [0.717, 1.165) is 36.1 Å². The second-order valence-electron chi connectivity index (χ2n) is 6.84. The Labute approximate surface area is 174 Å². The maximum Gasteiger partial charge on any atom is 0.338 e. The predicted octanol–water partition coefficient (Wildman–Crippen LogP) is 4.81. The molecular formula is C23H23ClN2O3. The van der Waals surface area contributed by atoms with Crippen LogP contribution >= 0.6 is 11.6 Å². The summed E-state index contributed by atoms with van der Waals surface area (Å²) in [6.07, 6.45) is 3.39. The molecule has 3 aromatic rings. The predicted molar refractivity (Wildman–Crippen MR) is 115 cm³/mol. The van der Waals surface area contributed by atoms with Crippen LogP contribution in [0.4, 0.5) is 0 Å². The molecular weight excluding hydrogens is 388 g/mol. The third-order valence-corrected chi connectivity index (χ3v) is 4.89. The molecule has 1 N–H and O–H groups in total. The largest absolute Gasteiger partial charge is 0.465 e. The molecule has 6 heteroatoms. The Morgan fingerprint density at radius 2 is 1.90 bits per heavy atom. The summed E-state index contributed by atoms with van der Waals surface area (Å²) in [5.41, 5.74) is 3.73. The highest BCUT2D eigenvalue weighted by Crippen LogP contribution is 2.28. The average Bonchev–Trinajstić information content (AvgIpc) is 2.72. The van der Waals surface area contributed by atoms with Crippen LogP contribution in [0.5, 0.6) is 0 Å². The minimum atomic E-state index is -0.411. The number of H-pyrrole nitrogens is 1. The lowest BCUT2D eigenvalue weighted by molar-refractivity contribution is 0.0601. The Kier molecular flexibility index (Phi) is 6.83. The molecule has 1 heterocycles. The first-order valence-electron chi connectivity index (χ1n) is 9.56. The van der Waals surface area contributed by atoms with E-state index in [4.69, 9.17) is 16.3 Å². The zero-order valence-corrected chi connectivity index (χ0v) is 17.3. The van der Waals surface area contributed by atoms with E-state index in [0.29, 0.717) is 28.4 Å². The molecule has 150 valence electrons. The van der Waals surface area contributed by atoms with E-state index >= 15 is 0 Å². The molecule has 0 aliphatic heterocycles. The van der Waals surface area contributed by atoms with E-state index in [-0.39, 0.29) is 5.56 Å². The summed E-state index contributed by atoms with van der Waals surface area (Å²) in [4.78, 5) is 31.4. The fraction of sp³-hybridized carbons (Fsp3) is 0.261. The molecule has 0 amide bonds. The van der Waals surface area contributed by atoms with Crippen LogP contribution < -0.4 is 5.56 Å².